The molecular weight excluding hydrogens is 86.1 g/mol. The van der Waals surface area contributed by atoms with Crippen LogP contribution >= 0.6 is 0 Å². The lowest BCUT2D eigenvalue weighted by Gasteiger charge is -2.27. The molecule has 0 radical (unpaired) electrons. The van der Waals surface area contributed by atoms with Gasteiger partial charge in [0, 0.05) is 18.2 Å². The first kappa shape index (κ1) is 4.82. The van der Waals surface area contributed by atoms with Gasteiger partial charge in [-0.3, -0.25) is 4.99 Å². The van der Waals surface area contributed by atoms with Crippen molar-refractivity contribution >= 4 is 6.21 Å². The minimum absolute atomic E-state index is 0.472. The molecule has 1 heterocycles. The Balaban J connectivity index is 2.47. The Hall–Kier alpha value is -0.330. The quantitative estimate of drug-likeness (QED) is 0.470. The molecule has 0 amide bonds. The lowest BCUT2D eigenvalue weighted by molar-refractivity contribution is 0.435. The molecule has 0 N–H and O–H groups in total. The summed E-state index contributed by atoms with van der Waals surface area (Å²) in [5, 5.41) is 0. The normalized spacial score (nSPS) is 38.0. The zero-order valence-corrected chi connectivity index (χ0v) is 4.94. The highest BCUT2D eigenvalue weighted by atomic mass is 14.8. The summed E-state index contributed by atoms with van der Waals surface area (Å²) in [4.78, 5) is 4.02. The summed E-state index contributed by atoms with van der Waals surface area (Å²) in [6.07, 6.45) is 3.28. The van der Waals surface area contributed by atoms with Crippen molar-refractivity contribution in [1.29, 1.82) is 0 Å². The maximum atomic E-state index is 4.02. The Morgan fingerprint density at radius 2 is 2.43 bits per heavy atom. The van der Waals surface area contributed by atoms with Gasteiger partial charge >= 0.3 is 0 Å². The van der Waals surface area contributed by atoms with Crippen molar-refractivity contribution in [1.82, 2.24) is 0 Å². The lowest BCUT2D eigenvalue weighted by Crippen LogP contribution is -2.28. The summed E-state index contributed by atoms with van der Waals surface area (Å²) in [5.74, 6) is 0. The van der Waals surface area contributed by atoms with Crippen molar-refractivity contribution in [2.45, 2.75) is 20.3 Å². The highest BCUT2D eigenvalue weighted by molar-refractivity contribution is 5.70. The van der Waals surface area contributed by atoms with E-state index in [2.05, 4.69) is 18.8 Å². The number of aliphatic imine (C=N–C) groups is 1. The molecule has 0 aliphatic carbocycles. The second kappa shape index (κ2) is 1.32. The van der Waals surface area contributed by atoms with Crippen LogP contribution in [-0.4, -0.2) is 12.8 Å². The second-order valence-electron chi connectivity index (χ2n) is 2.48. The van der Waals surface area contributed by atoms with Crippen LogP contribution in [0, 0.1) is 5.41 Å². The summed E-state index contributed by atoms with van der Waals surface area (Å²) >= 11 is 0. The van der Waals surface area contributed by atoms with E-state index in [-0.39, 0.29) is 0 Å². The molecule has 7 heavy (non-hydrogen) atoms. The Morgan fingerprint density at radius 1 is 1.86 bits per heavy atom. The van der Waals surface area contributed by atoms with Crippen LogP contribution in [0.2, 0.25) is 0 Å². The fourth-order valence-corrected chi connectivity index (χ4v) is 0.606. The van der Waals surface area contributed by atoms with Crippen LogP contribution in [0.5, 0.6) is 0 Å². The van der Waals surface area contributed by atoms with Crippen LogP contribution in [0.25, 0.3) is 0 Å². The van der Waals surface area contributed by atoms with E-state index in [0.29, 0.717) is 5.41 Å². The number of nitrogens with zero attached hydrogens (tertiary/aromatic N) is 1. The van der Waals surface area contributed by atoms with E-state index in [1.54, 1.807) is 0 Å². The summed E-state index contributed by atoms with van der Waals surface area (Å²) in [6.45, 7) is 5.48. The maximum absolute atomic E-state index is 4.02. The van der Waals surface area contributed by atoms with Gasteiger partial charge in [-0.1, -0.05) is 13.8 Å². The van der Waals surface area contributed by atoms with Crippen LogP contribution < -0.4 is 0 Å². The molecular formula is C6H11N. The molecule has 1 nitrogen and oxygen atoms in total. The van der Waals surface area contributed by atoms with E-state index in [1.807, 2.05) is 6.21 Å². The highest BCUT2D eigenvalue weighted by Crippen LogP contribution is 2.24. The molecule has 0 spiro atoms. The molecule has 40 valence electrons. The molecule has 0 bridgehead atoms. The molecule has 0 saturated heterocycles. The van der Waals surface area contributed by atoms with E-state index in [1.165, 1.54) is 6.42 Å². The number of hydrogen-bond acceptors (Lipinski definition) is 1. The Bertz CT molecular complexity index is 96.4. The maximum Gasteiger partial charge on any atom is 0.0488 e. The molecule has 0 aromatic carbocycles. The first-order valence-electron chi connectivity index (χ1n) is 2.78. The second-order valence-corrected chi connectivity index (χ2v) is 2.48. The van der Waals surface area contributed by atoms with Crippen LogP contribution in [-0.2, 0) is 0 Å². The van der Waals surface area contributed by atoms with Gasteiger partial charge < -0.3 is 0 Å². The first-order chi connectivity index (χ1) is 3.27. The first-order valence-corrected chi connectivity index (χ1v) is 2.78. The molecule has 1 aliphatic heterocycles. The minimum Gasteiger partial charge on any atom is -0.296 e. The van der Waals surface area contributed by atoms with Crippen molar-refractivity contribution in [3.63, 3.8) is 0 Å². The third-order valence-corrected chi connectivity index (χ3v) is 1.66. The van der Waals surface area contributed by atoms with E-state index in [4.69, 9.17) is 0 Å². The summed E-state index contributed by atoms with van der Waals surface area (Å²) in [5.41, 5.74) is 0.472. The zero-order valence-electron chi connectivity index (χ0n) is 4.94. The number of rotatable bonds is 1. The molecule has 0 saturated carbocycles. The Labute approximate surface area is 44.5 Å². The molecule has 1 heteroatoms. The molecule has 0 aromatic heterocycles. The van der Waals surface area contributed by atoms with Crippen molar-refractivity contribution in [3.8, 4) is 0 Å². The zero-order chi connectivity index (χ0) is 5.33. The van der Waals surface area contributed by atoms with Crippen LogP contribution in [0.4, 0.5) is 0 Å². The van der Waals surface area contributed by atoms with E-state index in [0.717, 1.165) is 6.54 Å². The van der Waals surface area contributed by atoms with Gasteiger partial charge in [0.25, 0.3) is 0 Å². The summed E-state index contributed by atoms with van der Waals surface area (Å²) in [7, 11) is 0. The van der Waals surface area contributed by atoms with Crippen LogP contribution in [0.1, 0.15) is 20.3 Å². The monoisotopic (exact) mass is 97.1 g/mol. The Kier molecular flexibility index (Phi) is 0.911. The molecule has 1 unspecified atom stereocenters. The average Bonchev–Trinajstić information content (AvgIpc) is 1.61. The van der Waals surface area contributed by atoms with Crippen LogP contribution in [0.15, 0.2) is 4.99 Å². The minimum atomic E-state index is 0.472. The average molecular weight is 97.2 g/mol. The standard InChI is InChI=1S/C6H11N/c1-3-6(2)4-7-5-6/h4H,3,5H2,1-2H3. The predicted octanol–water partition coefficient (Wildman–Crippen LogP) is 1.49. The van der Waals surface area contributed by atoms with Gasteiger partial charge in [0.2, 0.25) is 0 Å². The van der Waals surface area contributed by atoms with E-state index >= 15 is 0 Å². The fourth-order valence-electron chi connectivity index (χ4n) is 0.606. The third kappa shape index (κ3) is 0.671. The SMILES string of the molecule is CCC1(C)C=NC1. The molecule has 0 aromatic rings. The molecule has 0 fully saturated rings. The van der Waals surface area contributed by atoms with Gasteiger partial charge in [-0.05, 0) is 6.42 Å². The largest absolute Gasteiger partial charge is 0.296 e. The lowest BCUT2D eigenvalue weighted by atomic mass is 9.85. The van der Waals surface area contributed by atoms with Crippen LogP contribution in [0.3, 0.4) is 0 Å². The smallest absolute Gasteiger partial charge is 0.0488 e. The van der Waals surface area contributed by atoms with Gasteiger partial charge in [-0.2, -0.15) is 0 Å². The molecule has 1 aliphatic rings. The van der Waals surface area contributed by atoms with Gasteiger partial charge in [0.05, 0.1) is 0 Å². The van der Waals surface area contributed by atoms with Gasteiger partial charge in [0.15, 0.2) is 0 Å². The van der Waals surface area contributed by atoms with Gasteiger partial charge in [-0.15, -0.1) is 0 Å². The third-order valence-electron chi connectivity index (χ3n) is 1.66. The van der Waals surface area contributed by atoms with Gasteiger partial charge in [-0.25, -0.2) is 0 Å². The topological polar surface area (TPSA) is 12.4 Å². The van der Waals surface area contributed by atoms with Crippen molar-refractivity contribution in [2.75, 3.05) is 6.54 Å². The van der Waals surface area contributed by atoms with Crippen molar-refractivity contribution < 1.29 is 0 Å². The van der Waals surface area contributed by atoms with Crippen molar-refractivity contribution in [2.24, 2.45) is 10.4 Å². The van der Waals surface area contributed by atoms with E-state index < -0.39 is 0 Å². The van der Waals surface area contributed by atoms with Crippen molar-refractivity contribution in [3.05, 3.63) is 0 Å². The highest BCUT2D eigenvalue weighted by Gasteiger charge is 2.24. The van der Waals surface area contributed by atoms with E-state index in [9.17, 15) is 0 Å². The predicted molar refractivity (Wildman–Crippen MR) is 31.8 cm³/mol. The number of hydrogen-bond donors (Lipinski definition) is 0. The summed E-state index contributed by atoms with van der Waals surface area (Å²) in [6, 6.07) is 0. The molecule has 1 atom stereocenters. The fraction of sp³-hybridized carbons (Fsp3) is 0.833. The summed E-state index contributed by atoms with van der Waals surface area (Å²) < 4.78 is 0. The van der Waals surface area contributed by atoms with Gasteiger partial charge in [0.1, 0.15) is 0 Å². The Morgan fingerprint density at radius 3 is 2.43 bits per heavy atom. The molecule has 1 rings (SSSR count).